The summed E-state index contributed by atoms with van der Waals surface area (Å²) in [5.41, 5.74) is 4.03. The standard InChI is InChI=1S/C46H52N10O7/c1-52-41-30(5-3-7-37(41)56(46(52)60)38-14-15-40(57)51-44(38)59)6-4-22-62-32-16-19-53(20-17-32)25-28-8-10-29(11-9-28)35-12-13-36(45(49-35)61-2)48-43(58)34-24-47-55-21-18-39(50-42(34)55)54-26-33-23-31(54)27-63-33/h3,5,7,12-13,18,21,24,28-29,31-33,38H,8-11,14-17,19-20,22-23,25-27H2,1-2H3,(H,48,58)(H,51,57,59)/t28?,29?,31-,33-,38?/m1/s1. The van der Waals surface area contributed by atoms with Crippen LogP contribution in [0.2, 0.25) is 0 Å². The molecule has 0 radical (unpaired) electrons. The molecule has 1 aromatic carbocycles. The topological polar surface area (TPSA) is 179 Å². The van der Waals surface area contributed by atoms with Crippen LogP contribution >= 0.6 is 0 Å². The van der Waals surface area contributed by atoms with Crippen molar-refractivity contribution in [2.45, 2.75) is 88.0 Å². The van der Waals surface area contributed by atoms with Crippen LogP contribution in [0.25, 0.3) is 16.7 Å². The van der Waals surface area contributed by atoms with Gasteiger partial charge in [0.15, 0.2) is 5.65 Å². The summed E-state index contributed by atoms with van der Waals surface area (Å²) in [6.45, 7) is 4.84. The van der Waals surface area contributed by atoms with Gasteiger partial charge in [-0.15, -0.1) is 0 Å². The van der Waals surface area contributed by atoms with Gasteiger partial charge in [0, 0.05) is 57.5 Å². The Morgan fingerprint density at radius 1 is 1.02 bits per heavy atom. The van der Waals surface area contributed by atoms with E-state index in [4.69, 9.17) is 24.2 Å². The van der Waals surface area contributed by atoms with Crippen molar-refractivity contribution in [1.29, 1.82) is 0 Å². The van der Waals surface area contributed by atoms with Crippen LogP contribution in [0.4, 0.5) is 11.5 Å². The van der Waals surface area contributed by atoms with Crippen molar-refractivity contribution in [3.05, 3.63) is 76.1 Å². The molecule has 1 aliphatic carbocycles. The lowest BCUT2D eigenvalue weighted by Crippen LogP contribution is -2.44. The van der Waals surface area contributed by atoms with Crippen LogP contribution < -0.4 is 26.0 Å². The fourth-order valence-corrected chi connectivity index (χ4v) is 10.3. The maximum atomic E-state index is 13.6. The fraction of sp³-hybridized carbons (Fsp3) is 0.500. The van der Waals surface area contributed by atoms with Crippen molar-refractivity contribution in [3.63, 3.8) is 0 Å². The first-order chi connectivity index (χ1) is 30.7. The Morgan fingerprint density at radius 2 is 1.86 bits per heavy atom. The normalized spacial score (nSPS) is 24.2. The number of pyridine rings is 1. The van der Waals surface area contributed by atoms with Gasteiger partial charge < -0.3 is 29.3 Å². The van der Waals surface area contributed by atoms with Crippen LogP contribution in [0.1, 0.15) is 91.4 Å². The molecule has 4 saturated heterocycles. The maximum Gasteiger partial charge on any atom is 0.329 e. The highest BCUT2D eigenvalue weighted by molar-refractivity contribution is 6.08. The number of para-hydroxylation sites is 1. The first-order valence-electron chi connectivity index (χ1n) is 22.2. The van der Waals surface area contributed by atoms with Crippen LogP contribution in [0.15, 0.2) is 53.6 Å². The first kappa shape index (κ1) is 41.0. The average Bonchev–Trinajstić information content (AvgIpc) is 4.10. The molecule has 8 heterocycles. The summed E-state index contributed by atoms with van der Waals surface area (Å²) in [6, 6.07) is 10.9. The Balaban J connectivity index is 0.687. The van der Waals surface area contributed by atoms with Crippen molar-refractivity contribution in [1.82, 2.24) is 38.9 Å². The number of carbonyl (C=O) groups excluding carboxylic acids is 3. The number of rotatable bonds is 10. The number of nitrogens with one attached hydrogen (secondary N) is 2. The van der Waals surface area contributed by atoms with Crippen molar-refractivity contribution in [3.8, 4) is 17.7 Å². The summed E-state index contributed by atoms with van der Waals surface area (Å²) in [5.74, 6) is 7.43. The highest BCUT2D eigenvalue weighted by atomic mass is 16.5. The third-order valence-electron chi connectivity index (χ3n) is 13.7. The van der Waals surface area contributed by atoms with Gasteiger partial charge >= 0.3 is 5.69 Å². The number of piperidine rings is 2. The minimum atomic E-state index is -0.739. The SMILES string of the molecule is COc1nc(C2CCC(CN3CCC(OCC#Cc4cccc5c4n(C)c(=O)n5C4CCC(=O)NC4=O)CC3)CC2)ccc1NC(=O)c1cnn2ccc(N3C[C@H]4C[C@@H]3CO4)nc12. The molecule has 10 rings (SSSR count). The zero-order valence-electron chi connectivity index (χ0n) is 35.6. The number of aryl methyl sites for hydroxylation is 1. The van der Waals surface area contributed by atoms with Crippen LogP contribution in [0.5, 0.6) is 5.88 Å². The first-order valence-corrected chi connectivity index (χ1v) is 22.2. The van der Waals surface area contributed by atoms with E-state index in [9.17, 15) is 19.2 Å². The number of morpholine rings is 1. The third kappa shape index (κ3) is 8.07. The number of ether oxygens (including phenoxy) is 3. The molecule has 0 spiro atoms. The van der Waals surface area contributed by atoms with Crippen LogP contribution in [0.3, 0.4) is 0 Å². The Morgan fingerprint density at radius 3 is 2.62 bits per heavy atom. The molecule has 4 aromatic heterocycles. The number of benzene rings is 1. The van der Waals surface area contributed by atoms with Gasteiger partial charge in [-0.25, -0.2) is 19.3 Å². The number of anilines is 2. The van der Waals surface area contributed by atoms with Crippen LogP contribution in [-0.4, -0.2) is 116 Å². The molecule has 328 valence electrons. The van der Waals surface area contributed by atoms with Crippen molar-refractivity contribution >= 4 is 45.9 Å². The fourth-order valence-electron chi connectivity index (χ4n) is 10.3. The van der Waals surface area contributed by atoms with Gasteiger partial charge in [0.25, 0.3) is 5.91 Å². The Bertz CT molecular complexity index is 2700. The molecule has 5 fully saturated rings. The van der Waals surface area contributed by atoms with E-state index >= 15 is 0 Å². The second-order valence-corrected chi connectivity index (χ2v) is 17.5. The number of aromatic nitrogens is 6. The van der Waals surface area contributed by atoms with Gasteiger partial charge in [-0.05, 0) is 87.6 Å². The summed E-state index contributed by atoms with van der Waals surface area (Å²) >= 11 is 0. The number of imide groups is 1. The Hall–Kier alpha value is -6.09. The van der Waals surface area contributed by atoms with Crippen molar-refractivity contribution in [2.24, 2.45) is 13.0 Å². The van der Waals surface area contributed by atoms with Crippen molar-refractivity contribution < 1.29 is 28.6 Å². The van der Waals surface area contributed by atoms with E-state index in [1.165, 1.54) is 9.13 Å². The second kappa shape index (κ2) is 17.2. The van der Waals surface area contributed by atoms with Gasteiger partial charge in [0.1, 0.15) is 29.7 Å². The predicted octanol–water partition coefficient (Wildman–Crippen LogP) is 3.80. The molecule has 5 aliphatic rings. The molecular formula is C46H52N10O7. The molecule has 2 N–H and O–H groups in total. The maximum absolute atomic E-state index is 13.6. The molecule has 5 aromatic rings. The summed E-state index contributed by atoms with van der Waals surface area (Å²) in [4.78, 5) is 65.7. The molecule has 1 unspecified atom stereocenters. The van der Waals surface area contributed by atoms with E-state index in [-0.39, 0.29) is 49.2 Å². The van der Waals surface area contributed by atoms with Crippen molar-refractivity contribution in [2.75, 3.05) is 56.7 Å². The number of fused-ring (bicyclic) bond motifs is 4. The molecule has 2 bridgehead atoms. The molecule has 3 amide bonds. The van der Waals surface area contributed by atoms with Crippen LogP contribution in [-0.2, 0) is 26.1 Å². The number of carbonyl (C=O) groups is 3. The molecule has 17 nitrogen and oxygen atoms in total. The molecular weight excluding hydrogens is 805 g/mol. The highest BCUT2D eigenvalue weighted by Gasteiger charge is 2.40. The molecule has 3 atom stereocenters. The monoisotopic (exact) mass is 856 g/mol. The van der Waals surface area contributed by atoms with E-state index in [2.05, 4.69) is 37.4 Å². The summed E-state index contributed by atoms with van der Waals surface area (Å²) in [6.07, 6.45) is 11.5. The average molecular weight is 857 g/mol. The molecule has 4 aliphatic heterocycles. The highest BCUT2D eigenvalue weighted by Crippen LogP contribution is 2.38. The summed E-state index contributed by atoms with van der Waals surface area (Å²) < 4.78 is 22.3. The van der Waals surface area contributed by atoms with E-state index < -0.39 is 11.9 Å². The van der Waals surface area contributed by atoms with Gasteiger partial charge in [0.2, 0.25) is 17.7 Å². The van der Waals surface area contributed by atoms with Crippen LogP contribution in [0, 0.1) is 17.8 Å². The van der Waals surface area contributed by atoms with Gasteiger partial charge in [-0.1, -0.05) is 17.9 Å². The minimum Gasteiger partial charge on any atom is -0.480 e. The van der Waals surface area contributed by atoms with E-state index in [0.29, 0.717) is 63.9 Å². The lowest BCUT2D eigenvalue weighted by atomic mass is 9.80. The number of amides is 3. The van der Waals surface area contributed by atoms with E-state index in [0.717, 1.165) is 82.6 Å². The second-order valence-electron chi connectivity index (χ2n) is 17.5. The lowest BCUT2D eigenvalue weighted by molar-refractivity contribution is -0.135. The summed E-state index contributed by atoms with van der Waals surface area (Å²) in [7, 11) is 3.26. The number of nitrogens with zero attached hydrogens (tertiary/aromatic N) is 8. The largest absolute Gasteiger partial charge is 0.480 e. The number of hydrogen-bond donors (Lipinski definition) is 2. The molecule has 63 heavy (non-hydrogen) atoms. The Labute approximate surface area is 364 Å². The number of methoxy groups -OCH3 is 1. The minimum absolute atomic E-state index is 0.142. The zero-order chi connectivity index (χ0) is 43.2. The predicted molar refractivity (Wildman–Crippen MR) is 233 cm³/mol. The number of likely N-dealkylation sites (tertiary alicyclic amines) is 1. The quantitative estimate of drug-likeness (QED) is 0.154. The Kier molecular flexibility index (Phi) is 11.2. The number of hydrogen-bond acceptors (Lipinski definition) is 12. The number of imidazole rings is 1. The molecule has 17 heteroatoms. The van der Waals surface area contributed by atoms with Gasteiger partial charge in [-0.3, -0.25) is 28.8 Å². The van der Waals surface area contributed by atoms with Gasteiger partial charge in [0.05, 0.1) is 54.8 Å². The van der Waals surface area contributed by atoms with Gasteiger partial charge in [-0.2, -0.15) is 5.10 Å². The zero-order valence-corrected chi connectivity index (χ0v) is 35.6. The lowest BCUT2D eigenvalue weighted by Gasteiger charge is -2.36. The molecule has 1 saturated carbocycles. The summed E-state index contributed by atoms with van der Waals surface area (Å²) in [5, 5.41) is 9.73. The third-order valence-corrected chi connectivity index (χ3v) is 13.7. The smallest absolute Gasteiger partial charge is 0.329 e. The van der Waals surface area contributed by atoms with E-state index in [1.54, 1.807) is 24.9 Å². The van der Waals surface area contributed by atoms with E-state index in [1.807, 2.05) is 42.6 Å².